The molecule has 0 fully saturated rings. The number of carboxylic acid groups (broad SMARTS) is 1. The maximum absolute atomic E-state index is 11.9. The number of rotatable bonds is 6. The lowest BCUT2D eigenvalue weighted by atomic mass is 10.2. The van der Waals surface area contributed by atoms with Crippen LogP contribution in [0.5, 0.6) is 0 Å². The molecule has 0 aromatic carbocycles. The quantitative estimate of drug-likeness (QED) is 0.775. The average molecular weight is 275 g/mol. The zero-order valence-electron chi connectivity index (χ0n) is 10.5. The van der Waals surface area contributed by atoms with Crippen molar-refractivity contribution in [1.82, 2.24) is 14.3 Å². The summed E-state index contributed by atoms with van der Waals surface area (Å²) < 4.78 is 27.6. The molecule has 0 saturated heterocycles. The highest BCUT2D eigenvalue weighted by Gasteiger charge is 2.26. The van der Waals surface area contributed by atoms with Crippen LogP contribution in [0.4, 0.5) is 0 Å². The third kappa shape index (κ3) is 3.30. The topological polar surface area (TPSA) is 101 Å². The Labute approximate surface area is 106 Å². The summed E-state index contributed by atoms with van der Waals surface area (Å²) in [4.78, 5) is 14.8. The van der Waals surface area contributed by atoms with Gasteiger partial charge in [-0.05, 0) is 13.3 Å². The third-order valence-electron chi connectivity index (χ3n) is 2.53. The van der Waals surface area contributed by atoms with Gasteiger partial charge in [0.25, 0.3) is 10.0 Å². The number of hydrogen-bond donors (Lipinski definition) is 2. The molecule has 18 heavy (non-hydrogen) atoms. The smallest absolute Gasteiger partial charge is 0.321 e. The summed E-state index contributed by atoms with van der Waals surface area (Å²) in [7, 11) is -2.22. The Balaban J connectivity index is 2.96. The van der Waals surface area contributed by atoms with Gasteiger partial charge in [0.1, 0.15) is 11.9 Å². The number of carbonyl (C=O) groups is 1. The molecule has 0 aliphatic heterocycles. The molecular weight excluding hydrogens is 258 g/mol. The lowest BCUT2D eigenvalue weighted by Gasteiger charge is -2.12. The molecule has 2 N–H and O–H groups in total. The van der Waals surface area contributed by atoms with Crippen molar-refractivity contribution in [2.45, 2.75) is 37.8 Å². The van der Waals surface area contributed by atoms with Gasteiger partial charge in [0.05, 0.1) is 0 Å². The van der Waals surface area contributed by atoms with Crippen molar-refractivity contribution >= 4 is 16.0 Å². The number of sulfonamides is 1. The Morgan fingerprint density at radius 3 is 2.61 bits per heavy atom. The largest absolute Gasteiger partial charge is 0.480 e. The van der Waals surface area contributed by atoms with E-state index in [1.54, 1.807) is 25.5 Å². The van der Waals surface area contributed by atoms with E-state index >= 15 is 0 Å². The van der Waals surface area contributed by atoms with Crippen molar-refractivity contribution < 1.29 is 18.3 Å². The summed E-state index contributed by atoms with van der Waals surface area (Å²) in [5, 5.41) is 8.76. The van der Waals surface area contributed by atoms with Gasteiger partial charge in [-0.3, -0.25) is 4.79 Å². The molecule has 1 atom stereocenters. The van der Waals surface area contributed by atoms with E-state index in [4.69, 9.17) is 5.11 Å². The first kappa shape index (κ1) is 14.7. The SMILES string of the molecule is CCCC(NS(=O)(=O)c1cn(C)c(C)n1)C(=O)O. The molecule has 1 aromatic heterocycles. The number of nitrogens with one attached hydrogen (secondary N) is 1. The van der Waals surface area contributed by atoms with Gasteiger partial charge in [-0.25, -0.2) is 13.4 Å². The van der Waals surface area contributed by atoms with Gasteiger partial charge < -0.3 is 9.67 Å². The highest BCUT2D eigenvalue weighted by Crippen LogP contribution is 2.09. The molecule has 8 heteroatoms. The van der Waals surface area contributed by atoms with Crippen LogP contribution in [0, 0.1) is 6.92 Å². The molecular formula is C10H17N3O4S. The number of imidazole rings is 1. The Morgan fingerprint density at radius 2 is 2.22 bits per heavy atom. The average Bonchev–Trinajstić information content (AvgIpc) is 2.59. The predicted octanol–water partition coefficient (Wildman–Crippen LogP) is 0.260. The van der Waals surface area contributed by atoms with Crippen LogP contribution in [0.15, 0.2) is 11.2 Å². The first-order valence-electron chi connectivity index (χ1n) is 5.53. The van der Waals surface area contributed by atoms with Crippen LogP contribution >= 0.6 is 0 Å². The van der Waals surface area contributed by atoms with Gasteiger partial charge in [-0.1, -0.05) is 13.3 Å². The second kappa shape index (κ2) is 5.49. The van der Waals surface area contributed by atoms with E-state index in [2.05, 4.69) is 9.71 Å². The second-order valence-electron chi connectivity index (χ2n) is 4.04. The summed E-state index contributed by atoms with van der Waals surface area (Å²) in [6.07, 6.45) is 2.16. The van der Waals surface area contributed by atoms with Crippen molar-refractivity contribution in [1.29, 1.82) is 0 Å². The zero-order valence-corrected chi connectivity index (χ0v) is 11.4. The van der Waals surface area contributed by atoms with E-state index in [0.717, 1.165) is 0 Å². The molecule has 1 heterocycles. The summed E-state index contributed by atoms with van der Waals surface area (Å²) >= 11 is 0. The lowest BCUT2D eigenvalue weighted by Crippen LogP contribution is -2.40. The van der Waals surface area contributed by atoms with E-state index in [-0.39, 0.29) is 11.4 Å². The summed E-state index contributed by atoms with van der Waals surface area (Å²) in [5.74, 6) is -0.647. The van der Waals surface area contributed by atoms with Crippen LogP contribution < -0.4 is 4.72 Å². The van der Waals surface area contributed by atoms with Gasteiger partial charge in [0.15, 0.2) is 5.03 Å². The number of aromatic nitrogens is 2. The predicted molar refractivity (Wildman–Crippen MR) is 64.6 cm³/mol. The Hall–Kier alpha value is -1.41. The van der Waals surface area contributed by atoms with Crippen LogP contribution in [0.1, 0.15) is 25.6 Å². The van der Waals surface area contributed by atoms with Crippen molar-refractivity contribution in [3.05, 3.63) is 12.0 Å². The zero-order chi connectivity index (χ0) is 13.9. The number of carboxylic acids is 1. The van der Waals surface area contributed by atoms with Gasteiger partial charge in [0, 0.05) is 13.2 Å². The number of nitrogens with zero attached hydrogens (tertiary/aromatic N) is 2. The Morgan fingerprint density at radius 1 is 1.61 bits per heavy atom. The molecule has 0 bridgehead atoms. The highest BCUT2D eigenvalue weighted by atomic mass is 32.2. The fourth-order valence-electron chi connectivity index (χ4n) is 1.42. The molecule has 1 aromatic rings. The first-order chi connectivity index (χ1) is 8.27. The van der Waals surface area contributed by atoms with Crippen LogP contribution in [0.25, 0.3) is 0 Å². The minimum atomic E-state index is -3.89. The van der Waals surface area contributed by atoms with E-state index < -0.39 is 22.0 Å². The van der Waals surface area contributed by atoms with Crippen molar-refractivity contribution in [3.63, 3.8) is 0 Å². The van der Waals surface area contributed by atoms with E-state index in [9.17, 15) is 13.2 Å². The minimum absolute atomic E-state index is 0.162. The fourth-order valence-corrected chi connectivity index (χ4v) is 2.69. The summed E-state index contributed by atoms with van der Waals surface area (Å²) in [6.45, 7) is 3.45. The minimum Gasteiger partial charge on any atom is -0.480 e. The number of aryl methyl sites for hydroxylation is 2. The molecule has 0 aliphatic carbocycles. The number of aliphatic carboxylic acids is 1. The summed E-state index contributed by atoms with van der Waals surface area (Å²) in [6, 6.07) is -1.12. The molecule has 1 unspecified atom stereocenters. The molecule has 102 valence electrons. The first-order valence-corrected chi connectivity index (χ1v) is 7.01. The van der Waals surface area contributed by atoms with Gasteiger partial charge in [-0.2, -0.15) is 4.72 Å². The normalized spacial score (nSPS) is 13.5. The molecule has 7 nitrogen and oxygen atoms in total. The lowest BCUT2D eigenvalue weighted by molar-refractivity contribution is -0.139. The number of hydrogen-bond acceptors (Lipinski definition) is 4. The molecule has 0 saturated carbocycles. The van der Waals surface area contributed by atoms with Crippen LogP contribution in [-0.2, 0) is 21.9 Å². The van der Waals surface area contributed by atoms with Crippen molar-refractivity contribution in [2.24, 2.45) is 7.05 Å². The highest BCUT2D eigenvalue weighted by molar-refractivity contribution is 7.89. The fraction of sp³-hybridized carbons (Fsp3) is 0.600. The summed E-state index contributed by atoms with van der Waals surface area (Å²) in [5.41, 5.74) is 0. The van der Waals surface area contributed by atoms with E-state index in [0.29, 0.717) is 12.2 Å². The maximum Gasteiger partial charge on any atom is 0.321 e. The Kier molecular flexibility index (Phi) is 4.47. The Bertz CT molecular complexity index is 516. The van der Waals surface area contributed by atoms with E-state index in [1.165, 1.54) is 6.20 Å². The third-order valence-corrected chi connectivity index (χ3v) is 3.88. The van der Waals surface area contributed by atoms with E-state index in [1.807, 2.05) is 0 Å². The molecule has 0 amide bonds. The standard InChI is InChI=1S/C10H17N3O4S/c1-4-5-8(10(14)15)12-18(16,17)9-6-13(3)7(2)11-9/h6,8,12H,4-5H2,1-3H3,(H,14,15). The van der Waals surface area contributed by atoms with Gasteiger partial charge in [-0.15, -0.1) is 0 Å². The molecule has 0 radical (unpaired) electrons. The van der Waals surface area contributed by atoms with Gasteiger partial charge >= 0.3 is 5.97 Å². The van der Waals surface area contributed by atoms with Crippen LogP contribution in [-0.4, -0.2) is 35.1 Å². The maximum atomic E-state index is 11.9. The van der Waals surface area contributed by atoms with Crippen molar-refractivity contribution in [3.8, 4) is 0 Å². The van der Waals surface area contributed by atoms with Crippen molar-refractivity contribution in [2.75, 3.05) is 0 Å². The van der Waals surface area contributed by atoms with Gasteiger partial charge in [0.2, 0.25) is 0 Å². The monoisotopic (exact) mass is 275 g/mol. The molecule has 1 rings (SSSR count). The second-order valence-corrected chi connectivity index (χ2v) is 5.70. The van der Waals surface area contributed by atoms with Crippen LogP contribution in [0.2, 0.25) is 0 Å². The molecule has 0 aliphatic rings. The van der Waals surface area contributed by atoms with Crippen LogP contribution in [0.3, 0.4) is 0 Å². The molecule has 0 spiro atoms.